The van der Waals surface area contributed by atoms with E-state index in [1.165, 1.54) is 0 Å². The third kappa shape index (κ3) is 5.08. The monoisotopic (exact) mass is 261 g/mol. The van der Waals surface area contributed by atoms with Crippen molar-refractivity contribution in [2.75, 3.05) is 39.6 Å². The molecule has 1 heterocycles. The molecule has 1 aromatic rings. The van der Waals surface area contributed by atoms with Crippen LogP contribution in [0.4, 0.5) is 0 Å². The number of aliphatic hydroxyl groups is 3. The molecule has 0 saturated carbocycles. The van der Waals surface area contributed by atoms with Crippen LogP contribution >= 0.6 is 0 Å². The van der Waals surface area contributed by atoms with Crippen molar-refractivity contribution < 1.29 is 29.5 Å². The lowest BCUT2D eigenvalue weighted by Gasteiger charge is -2.08. The van der Waals surface area contributed by atoms with Crippen LogP contribution in [0.15, 0.2) is 0 Å². The summed E-state index contributed by atoms with van der Waals surface area (Å²) in [6.45, 7) is -0.517. The summed E-state index contributed by atoms with van der Waals surface area (Å²) in [5, 5.41) is 25.9. The first kappa shape index (κ1) is 14.4. The molecule has 3 N–H and O–H groups in total. The van der Waals surface area contributed by atoms with Crippen molar-refractivity contribution in [1.82, 2.24) is 15.0 Å². The highest BCUT2D eigenvalue weighted by Gasteiger charge is 2.09. The quantitative estimate of drug-likeness (QED) is 0.461. The van der Waals surface area contributed by atoms with Gasteiger partial charge in [0, 0.05) is 0 Å². The molecule has 0 radical (unpaired) electrons. The molecule has 0 fully saturated rings. The summed E-state index contributed by atoms with van der Waals surface area (Å²) >= 11 is 0. The zero-order chi connectivity index (χ0) is 13.2. The summed E-state index contributed by atoms with van der Waals surface area (Å²) < 4.78 is 15.0. The van der Waals surface area contributed by atoms with Gasteiger partial charge in [-0.15, -0.1) is 15.0 Å². The topological polar surface area (TPSA) is 127 Å². The van der Waals surface area contributed by atoms with E-state index in [1.807, 2.05) is 0 Å². The van der Waals surface area contributed by atoms with Crippen LogP contribution in [0.1, 0.15) is 0 Å². The number of rotatable bonds is 9. The first-order valence-electron chi connectivity index (χ1n) is 5.27. The lowest BCUT2D eigenvalue weighted by molar-refractivity contribution is 0.163. The smallest absolute Gasteiger partial charge is 0.325 e. The first-order valence-corrected chi connectivity index (χ1v) is 5.27. The van der Waals surface area contributed by atoms with Crippen molar-refractivity contribution in [2.24, 2.45) is 0 Å². The minimum absolute atomic E-state index is 0.0168. The molecule has 0 aliphatic heterocycles. The van der Waals surface area contributed by atoms with E-state index in [4.69, 9.17) is 29.5 Å². The SMILES string of the molecule is OCCOc1nc(OCCO)nc(OCCO)n1. The number of hydrogen-bond donors (Lipinski definition) is 3. The highest BCUT2D eigenvalue weighted by atomic mass is 16.5. The average molecular weight is 261 g/mol. The van der Waals surface area contributed by atoms with Gasteiger partial charge in [0.1, 0.15) is 19.8 Å². The van der Waals surface area contributed by atoms with E-state index in [-0.39, 0.29) is 57.7 Å². The average Bonchev–Trinajstić information content (AvgIpc) is 2.40. The summed E-state index contributed by atoms with van der Waals surface area (Å²) in [5.74, 6) is 0. The van der Waals surface area contributed by atoms with Crippen molar-refractivity contribution in [3.05, 3.63) is 0 Å². The molecule has 0 saturated heterocycles. The Balaban J connectivity index is 2.74. The Labute approximate surface area is 103 Å². The Morgan fingerprint density at radius 2 is 0.889 bits per heavy atom. The predicted octanol–water partition coefficient (Wildman–Crippen LogP) is -2.02. The molecule has 0 amide bonds. The van der Waals surface area contributed by atoms with Crippen LogP contribution in [-0.2, 0) is 0 Å². The van der Waals surface area contributed by atoms with E-state index in [1.54, 1.807) is 0 Å². The molecule has 0 unspecified atom stereocenters. The second kappa shape index (κ2) is 8.39. The second-order valence-corrected chi connectivity index (χ2v) is 2.90. The number of aromatic nitrogens is 3. The van der Waals surface area contributed by atoms with Crippen LogP contribution in [-0.4, -0.2) is 69.9 Å². The molecule has 9 heteroatoms. The molecular weight excluding hydrogens is 246 g/mol. The van der Waals surface area contributed by atoms with E-state index in [2.05, 4.69) is 15.0 Å². The molecule has 9 nitrogen and oxygen atoms in total. The molecule has 18 heavy (non-hydrogen) atoms. The summed E-state index contributed by atoms with van der Waals surface area (Å²) in [4.78, 5) is 11.4. The van der Waals surface area contributed by atoms with Crippen LogP contribution in [0, 0.1) is 0 Å². The fraction of sp³-hybridized carbons (Fsp3) is 0.667. The van der Waals surface area contributed by atoms with Crippen molar-refractivity contribution in [3.8, 4) is 18.0 Å². The van der Waals surface area contributed by atoms with E-state index >= 15 is 0 Å². The largest absolute Gasteiger partial charge is 0.461 e. The van der Waals surface area contributed by atoms with Crippen molar-refractivity contribution in [2.45, 2.75) is 0 Å². The lowest BCUT2D eigenvalue weighted by Crippen LogP contribution is -2.12. The van der Waals surface area contributed by atoms with Crippen LogP contribution < -0.4 is 14.2 Å². The van der Waals surface area contributed by atoms with Crippen LogP contribution in [0.5, 0.6) is 18.0 Å². The van der Waals surface area contributed by atoms with Gasteiger partial charge in [0.25, 0.3) is 0 Å². The fourth-order valence-electron chi connectivity index (χ4n) is 0.925. The minimum atomic E-state index is -0.189. The Hall–Kier alpha value is -1.71. The summed E-state index contributed by atoms with van der Waals surface area (Å²) in [5.41, 5.74) is 0. The van der Waals surface area contributed by atoms with Gasteiger partial charge in [0.05, 0.1) is 19.8 Å². The van der Waals surface area contributed by atoms with Gasteiger partial charge in [-0.25, -0.2) is 0 Å². The van der Waals surface area contributed by atoms with Crippen molar-refractivity contribution in [1.29, 1.82) is 0 Å². The molecular formula is C9H15N3O6. The molecule has 1 aromatic heterocycles. The number of nitrogens with zero attached hydrogens (tertiary/aromatic N) is 3. The van der Waals surface area contributed by atoms with Gasteiger partial charge in [-0.3, -0.25) is 0 Å². The Morgan fingerprint density at radius 3 is 1.11 bits per heavy atom. The summed E-state index contributed by atoms with van der Waals surface area (Å²) in [6, 6.07) is -0.209. The van der Waals surface area contributed by atoms with Gasteiger partial charge in [-0.1, -0.05) is 0 Å². The number of ether oxygens (including phenoxy) is 3. The third-order valence-corrected chi connectivity index (χ3v) is 1.54. The maximum absolute atomic E-state index is 8.62. The Morgan fingerprint density at radius 1 is 0.611 bits per heavy atom. The van der Waals surface area contributed by atoms with Crippen LogP contribution in [0.3, 0.4) is 0 Å². The molecule has 0 aromatic carbocycles. The highest BCUT2D eigenvalue weighted by Crippen LogP contribution is 2.14. The molecule has 0 spiro atoms. The van der Waals surface area contributed by atoms with Gasteiger partial charge in [-0.2, -0.15) is 0 Å². The van der Waals surface area contributed by atoms with Gasteiger partial charge in [0.15, 0.2) is 0 Å². The molecule has 0 aliphatic rings. The zero-order valence-electron chi connectivity index (χ0n) is 9.65. The number of hydrogen-bond acceptors (Lipinski definition) is 9. The van der Waals surface area contributed by atoms with Crippen molar-refractivity contribution in [3.63, 3.8) is 0 Å². The standard InChI is InChI=1S/C9H15N3O6/c13-1-4-16-7-10-8(17-5-2-14)12-9(11-7)18-6-3-15/h13-15H,1-6H2. The van der Waals surface area contributed by atoms with Gasteiger partial charge in [0.2, 0.25) is 0 Å². The molecule has 0 aliphatic carbocycles. The van der Waals surface area contributed by atoms with Crippen LogP contribution in [0.2, 0.25) is 0 Å². The lowest BCUT2D eigenvalue weighted by atomic mass is 10.7. The Kier molecular flexibility index (Phi) is 6.69. The highest BCUT2D eigenvalue weighted by molar-refractivity contribution is 5.08. The second-order valence-electron chi connectivity index (χ2n) is 2.90. The Bertz CT molecular complexity index is 286. The summed E-state index contributed by atoms with van der Waals surface area (Å²) in [6.07, 6.45) is 0. The first-order chi connectivity index (χ1) is 8.80. The number of aliphatic hydroxyl groups excluding tert-OH is 3. The van der Waals surface area contributed by atoms with Gasteiger partial charge in [-0.05, 0) is 0 Å². The molecule has 0 bridgehead atoms. The van der Waals surface area contributed by atoms with Gasteiger partial charge >= 0.3 is 18.0 Å². The van der Waals surface area contributed by atoms with Gasteiger partial charge < -0.3 is 29.5 Å². The maximum Gasteiger partial charge on any atom is 0.325 e. The fourth-order valence-corrected chi connectivity index (χ4v) is 0.925. The van der Waals surface area contributed by atoms with E-state index < -0.39 is 0 Å². The molecule has 1 rings (SSSR count). The van der Waals surface area contributed by atoms with E-state index in [0.717, 1.165) is 0 Å². The van der Waals surface area contributed by atoms with Crippen molar-refractivity contribution >= 4 is 0 Å². The normalized spacial score (nSPS) is 10.2. The maximum atomic E-state index is 8.62. The predicted molar refractivity (Wildman–Crippen MR) is 57.6 cm³/mol. The molecule has 102 valence electrons. The molecule has 0 atom stereocenters. The van der Waals surface area contributed by atoms with Crippen LogP contribution in [0.25, 0.3) is 0 Å². The van der Waals surface area contributed by atoms with E-state index in [9.17, 15) is 0 Å². The zero-order valence-corrected chi connectivity index (χ0v) is 9.65. The minimum Gasteiger partial charge on any atom is -0.461 e. The summed E-state index contributed by atoms with van der Waals surface area (Å²) in [7, 11) is 0. The third-order valence-electron chi connectivity index (χ3n) is 1.54. The van der Waals surface area contributed by atoms with E-state index in [0.29, 0.717) is 0 Å².